The maximum atomic E-state index is 13.2. The summed E-state index contributed by atoms with van der Waals surface area (Å²) in [5.74, 6) is -0.361. The lowest BCUT2D eigenvalue weighted by Crippen LogP contribution is -2.47. The molecule has 0 spiro atoms. The van der Waals surface area contributed by atoms with Crippen LogP contribution in [-0.2, 0) is 9.59 Å². The van der Waals surface area contributed by atoms with Crippen molar-refractivity contribution in [1.82, 2.24) is 4.90 Å². The highest BCUT2D eigenvalue weighted by Crippen LogP contribution is 2.33. The van der Waals surface area contributed by atoms with Gasteiger partial charge in [0.1, 0.15) is 18.3 Å². The molecule has 1 fully saturated rings. The predicted octanol–water partition coefficient (Wildman–Crippen LogP) is 2.94. The van der Waals surface area contributed by atoms with Gasteiger partial charge in [0.2, 0.25) is 11.8 Å². The van der Waals surface area contributed by atoms with Gasteiger partial charge in [0, 0.05) is 11.6 Å². The van der Waals surface area contributed by atoms with Crippen molar-refractivity contribution in [3.63, 3.8) is 0 Å². The molecule has 0 unspecified atom stereocenters. The first-order valence-electron chi connectivity index (χ1n) is 9.34. The molecule has 8 heteroatoms. The molecule has 1 atom stereocenters. The van der Waals surface area contributed by atoms with Crippen molar-refractivity contribution in [3.05, 3.63) is 53.1 Å². The van der Waals surface area contributed by atoms with Crippen LogP contribution in [0, 0.1) is 0 Å². The normalized spacial score (nSPS) is 18.2. The monoisotopic (exact) mass is 413 g/mol. The lowest BCUT2D eigenvalue weighted by molar-refractivity contribution is -0.124. The zero-order valence-electron chi connectivity index (χ0n) is 15.9. The molecule has 2 heterocycles. The van der Waals surface area contributed by atoms with E-state index in [0.29, 0.717) is 40.7 Å². The number of halogens is 1. The minimum atomic E-state index is -0.539. The molecule has 0 bridgehead atoms. The topological polar surface area (TPSA) is 79.0 Å². The van der Waals surface area contributed by atoms with Gasteiger partial charge in [0.15, 0.2) is 0 Å². The number of hydrogen-bond acceptors (Lipinski definition) is 4. The molecule has 0 aliphatic carbocycles. The van der Waals surface area contributed by atoms with Gasteiger partial charge < -0.3 is 19.9 Å². The number of carbonyl (C=O) groups excluding carboxylic acids is 3. The average molecular weight is 414 g/mol. The highest BCUT2D eigenvalue weighted by atomic mass is 35.5. The second-order valence-corrected chi connectivity index (χ2v) is 7.43. The molecule has 3 amide bonds. The van der Waals surface area contributed by atoms with Gasteiger partial charge in [-0.25, -0.2) is 0 Å². The van der Waals surface area contributed by atoms with Crippen LogP contribution in [0.2, 0.25) is 5.02 Å². The molecule has 0 radical (unpaired) electrons. The molecule has 1 N–H and O–H groups in total. The fourth-order valence-corrected chi connectivity index (χ4v) is 4.06. The molecular weight excluding hydrogens is 394 g/mol. The largest absolute Gasteiger partial charge is 0.495 e. The van der Waals surface area contributed by atoms with E-state index in [9.17, 15) is 14.4 Å². The first kappa shape index (κ1) is 19.3. The van der Waals surface area contributed by atoms with Gasteiger partial charge >= 0.3 is 0 Å². The summed E-state index contributed by atoms with van der Waals surface area (Å²) in [6, 6.07) is 11.2. The Bertz CT molecular complexity index is 994. The third kappa shape index (κ3) is 3.53. The molecule has 2 aliphatic heterocycles. The van der Waals surface area contributed by atoms with Crippen molar-refractivity contribution in [2.75, 3.05) is 30.4 Å². The Hall–Kier alpha value is -3.06. The smallest absolute Gasteiger partial charge is 0.256 e. The van der Waals surface area contributed by atoms with Crippen LogP contribution in [0.15, 0.2) is 42.5 Å². The summed E-state index contributed by atoms with van der Waals surface area (Å²) in [7, 11) is 1.49. The van der Waals surface area contributed by atoms with Gasteiger partial charge in [0.05, 0.1) is 24.0 Å². The molecule has 150 valence electrons. The van der Waals surface area contributed by atoms with Gasteiger partial charge in [-0.05, 0) is 43.2 Å². The standard InChI is InChI=1S/C21H20ClN3O4/c1-29-18-9-8-13(22)11-15(18)23-19(26)12-25-16-6-3-2-5-14(16)20(27)24-10-4-7-17(24)21(25)28/h2-3,5-6,8-9,11,17H,4,7,10,12H2,1H3,(H,23,26)/t17-/m0/s1. The molecular formula is C21H20ClN3O4. The van der Waals surface area contributed by atoms with E-state index in [4.69, 9.17) is 16.3 Å². The van der Waals surface area contributed by atoms with Gasteiger partial charge in [-0.3, -0.25) is 14.4 Å². The third-order valence-electron chi connectivity index (χ3n) is 5.23. The van der Waals surface area contributed by atoms with Crippen LogP contribution in [0.25, 0.3) is 0 Å². The molecule has 0 aromatic heterocycles. The number of rotatable bonds is 4. The Labute approximate surface area is 173 Å². The lowest BCUT2D eigenvalue weighted by Gasteiger charge is -2.25. The number of methoxy groups -OCH3 is 1. The zero-order chi connectivity index (χ0) is 20.5. The molecule has 0 saturated carbocycles. The van der Waals surface area contributed by atoms with E-state index in [1.54, 1.807) is 47.4 Å². The van der Waals surface area contributed by atoms with E-state index in [2.05, 4.69) is 5.32 Å². The van der Waals surface area contributed by atoms with Crippen LogP contribution in [0.1, 0.15) is 23.2 Å². The summed E-state index contributed by atoms with van der Waals surface area (Å²) in [6.07, 6.45) is 1.36. The summed E-state index contributed by atoms with van der Waals surface area (Å²) in [6.45, 7) is 0.326. The zero-order valence-corrected chi connectivity index (χ0v) is 16.6. The number of fused-ring (bicyclic) bond motifs is 2. The average Bonchev–Trinajstić information content (AvgIpc) is 3.18. The molecule has 2 aromatic carbocycles. The number of anilines is 2. The second kappa shape index (κ2) is 7.75. The van der Waals surface area contributed by atoms with Gasteiger partial charge in [-0.1, -0.05) is 23.7 Å². The molecule has 2 aromatic rings. The van der Waals surface area contributed by atoms with Crippen LogP contribution in [0.3, 0.4) is 0 Å². The van der Waals surface area contributed by atoms with Crippen LogP contribution in [-0.4, -0.2) is 48.9 Å². The fraction of sp³-hybridized carbons (Fsp3) is 0.286. The summed E-state index contributed by atoms with van der Waals surface area (Å²) < 4.78 is 5.25. The van der Waals surface area contributed by atoms with Gasteiger partial charge in [-0.2, -0.15) is 0 Å². The first-order chi connectivity index (χ1) is 14.0. The van der Waals surface area contributed by atoms with E-state index >= 15 is 0 Å². The maximum Gasteiger partial charge on any atom is 0.256 e. The number of para-hydroxylation sites is 1. The minimum absolute atomic E-state index is 0.170. The number of carbonyl (C=O) groups is 3. The molecule has 1 saturated heterocycles. The number of amides is 3. The summed E-state index contributed by atoms with van der Waals surface area (Å²) in [5.41, 5.74) is 1.29. The predicted molar refractivity (Wildman–Crippen MR) is 109 cm³/mol. The third-order valence-corrected chi connectivity index (χ3v) is 5.46. The number of ether oxygens (including phenoxy) is 1. The van der Waals surface area contributed by atoms with Crippen molar-refractivity contribution < 1.29 is 19.1 Å². The Morgan fingerprint density at radius 2 is 2.03 bits per heavy atom. The van der Waals surface area contributed by atoms with Crippen LogP contribution in [0.5, 0.6) is 5.75 Å². The number of nitrogens with one attached hydrogen (secondary N) is 1. The van der Waals surface area contributed by atoms with E-state index in [0.717, 1.165) is 6.42 Å². The minimum Gasteiger partial charge on any atom is -0.495 e. The SMILES string of the molecule is COc1ccc(Cl)cc1NC(=O)CN1C(=O)[C@@H]2CCCN2C(=O)c2ccccc21. The Kier molecular flexibility index (Phi) is 5.15. The van der Waals surface area contributed by atoms with Crippen LogP contribution < -0.4 is 15.0 Å². The highest BCUT2D eigenvalue weighted by molar-refractivity contribution is 6.31. The molecule has 4 rings (SSSR count). The molecule has 7 nitrogen and oxygen atoms in total. The van der Waals surface area contributed by atoms with Crippen LogP contribution in [0.4, 0.5) is 11.4 Å². The van der Waals surface area contributed by atoms with E-state index in [-0.39, 0.29) is 18.4 Å². The lowest BCUT2D eigenvalue weighted by atomic mass is 10.1. The van der Waals surface area contributed by atoms with E-state index in [1.165, 1.54) is 12.0 Å². The van der Waals surface area contributed by atoms with Crippen molar-refractivity contribution >= 4 is 40.7 Å². The Balaban J connectivity index is 1.64. The van der Waals surface area contributed by atoms with E-state index < -0.39 is 11.9 Å². The van der Waals surface area contributed by atoms with Crippen molar-refractivity contribution in [2.45, 2.75) is 18.9 Å². The van der Waals surface area contributed by atoms with E-state index in [1.807, 2.05) is 0 Å². The number of benzene rings is 2. The Morgan fingerprint density at radius 1 is 1.24 bits per heavy atom. The highest BCUT2D eigenvalue weighted by Gasteiger charge is 2.42. The second-order valence-electron chi connectivity index (χ2n) is 6.99. The van der Waals surface area contributed by atoms with Crippen LogP contribution >= 0.6 is 11.6 Å². The maximum absolute atomic E-state index is 13.2. The van der Waals surface area contributed by atoms with Crippen molar-refractivity contribution in [1.29, 1.82) is 0 Å². The van der Waals surface area contributed by atoms with Gasteiger partial charge in [-0.15, -0.1) is 0 Å². The van der Waals surface area contributed by atoms with Crippen molar-refractivity contribution in [2.24, 2.45) is 0 Å². The Morgan fingerprint density at radius 3 is 2.83 bits per heavy atom. The summed E-state index contributed by atoms with van der Waals surface area (Å²) >= 11 is 6.02. The molecule has 2 aliphatic rings. The fourth-order valence-electron chi connectivity index (χ4n) is 3.88. The van der Waals surface area contributed by atoms with Crippen molar-refractivity contribution in [3.8, 4) is 5.75 Å². The van der Waals surface area contributed by atoms with Gasteiger partial charge in [0.25, 0.3) is 5.91 Å². The quantitative estimate of drug-likeness (QED) is 0.835. The summed E-state index contributed by atoms with van der Waals surface area (Å²) in [5, 5.41) is 3.20. The number of nitrogens with zero attached hydrogens (tertiary/aromatic N) is 2. The first-order valence-corrected chi connectivity index (χ1v) is 9.72. The number of hydrogen-bond donors (Lipinski definition) is 1. The molecule has 29 heavy (non-hydrogen) atoms. The summed E-state index contributed by atoms with van der Waals surface area (Å²) in [4.78, 5) is 41.9.